The van der Waals surface area contributed by atoms with Crippen LogP contribution in [0.4, 0.5) is 0 Å². The fourth-order valence-corrected chi connectivity index (χ4v) is 3.40. The predicted octanol–water partition coefficient (Wildman–Crippen LogP) is 2.93. The number of allylic oxidation sites excluding steroid dienone is 3. The van der Waals surface area contributed by atoms with Gasteiger partial charge in [-0.1, -0.05) is 6.08 Å². The summed E-state index contributed by atoms with van der Waals surface area (Å²) in [5.41, 5.74) is 2.59. The summed E-state index contributed by atoms with van der Waals surface area (Å²) in [7, 11) is 5.08. The van der Waals surface area contributed by atoms with Gasteiger partial charge in [0.25, 0.3) is 0 Å². The molecule has 0 unspecified atom stereocenters. The zero-order valence-electron chi connectivity index (χ0n) is 13.4. The van der Waals surface area contributed by atoms with Crippen LogP contribution < -0.4 is 14.8 Å². The van der Waals surface area contributed by atoms with E-state index in [0.717, 1.165) is 43.2 Å². The van der Waals surface area contributed by atoms with Gasteiger partial charge in [-0.05, 0) is 54.8 Å². The van der Waals surface area contributed by atoms with Gasteiger partial charge in [0, 0.05) is 12.0 Å². The molecule has 0 saturated carbocycles. The van der Waals surface area contributed by atoms with Crippen LogP contribution in [0.1, 0.15) is 24.0 Å². The number of ether oxygens (including phenoxy) is 3. The van der Waals surface area contributed by atoms with E-state index < -0.39 is 0 Å². The van der Waals surface area contributed by atoms with E-state index in [9.17, 15) is 0 Å². The SMILES string of the molecule is COC1=CC[C@@]2(C=C1)CCNCc1cc(OC)c(OC)cc12. The molecule has 1 spiro atoms. The molecule has 0 fully saturated rings. The molecule has 118 valence electrons. The molecule has 1 N–H and O–H groups in total. The number of hydrogen-bond donors (Lipinski definition) is 1. The van der Waals surface area contributed by atoms with Crippen molar-refractivity contribution in [1.82, 2.24) is 5.32 Å². The molecule has 2 aliphatic rings. The van der Waals surface area contributed by atoms with Crippen LogP contribution >= 0.6 is 0 Å². The molecule has 1 aromatic carbocycles. The van der Waals surface area contributed by atoms with E-state index in [2.05, 4.69) is 35.7 Å². The van der Waals surface area contributed by atoms with Gasteiger partial charge in [-0.3, -0.25) is 0 Å². The molecule has 22 heavy (non-hydrogen) atoms. The van der Waals surface area contributed by atoms with E-state index in [0.29, 0.717) is 0 Å². The topological polar surface area (TPSA) is 39.7 Å². The summed E-state index contributed by atoms with van der Waals surface area (Å²) in [6, 6.07) is 4.23. The van der Waals surface area contributed by atoms with Crippen molar-refractivity contribution in [2.24, 2.45) is 0 Å². The number of methoxy groups -OCH3 is 3. The zero-order chi connectivity index (χ0) is 15.6. The Kier molecular flexibility index (Phi) is 4.12. The fraction of sp³-hybridized carbons (Fsp3) is 0.444. The first-order chi connectivity index (χ1) is 10.7. The lowest BCUT2D eigenvalue weighted by atomic mass is 9.71. The van der Waals surface area contributed by atoms with E-state index in [1.54, 1.807) is 21.3 Å². The lowest BCUT2D eigenvalue weighted by Gasteiger charge is -2.33. The lowest BCUT2D eigenvalue weighted by Crippen LogP contribution is -2.27. The van der Waals surface area contributed by atoms with Crippen molar-refractivity contribution in [2.45, 2.75) is 24.8 Å². The number of fused-ring (bicyclic) bond motifs is 2. The molecule has 1 heterocycles. The van der Waals surface area contributed by atoms with Crippen molar-refractivity contribution < 1.29 is 14.2 Å². The average Bonchev–Trinajstić information content (AvgIpc) is 2.74. The van der Waals surface area contributed by atoms with E-state index in [-0.39, 0.29) is 5.41 Å². The third-order valence-electron chi connectivity index (χ3n) is 4.68. The molecule has 4 heteroatoms. The van der Waals surface area contributed by atoms with Crippen LogP contribution in [0.3, 0.4) is 0 Å². The van der Waals surface area contributed by atoms with E-state index >= 15 is 0 Å². The first-order valence-electron chi connectivity index (χ1n) is 7.62. The van der Waals surface area contributed by atoms with Crippen LogP contribution in [0.25, 0.3) is 0 Å². The van der Waals surface area contributed by atoms with Crippen LogP contribution in [0.5, 0.6) is 11.5 Å². The highest BCUT2D eigenvalue weighted by atomic mass is 16.5. The minimum Gasteiger partial charge on any atom is -0.497 e. The average molecular weight is 301 g/mol. The highest BCUT2D eigenvalue weighted by Crippen LogP contribution is 2.44. The van der Waals surface area contributed by atoms with Crippen LogP contribution in [-0.2, 0) is 16.7 Å². The van der Waals surface area contributed by atoms with Crippen molar-refractivity contribution in [3.8, 4) is 11.5 Å². The van der Waals surface area contributed by atoms with Gasteiger partial charge in [0.2, 0.25) is 0 Å². The van der Waals surface area contributed by atoms with Crippen LogP contribution in [0.15, 0.2) is 36.1 Å². The Morgan fingerprint density at radius 2 is 1.82 bits per heavy atom. The minimum atomic E-state index is 0.000411. The summed E-state index contributed by atoms with van der Waals surface area (Å²) in [6.07, 6.45) is 8.53. The van der Waals surface area contributed by atoms with Crippen molar-refractivity contribution in [2.75, 3.05) is 27.9 Å². The van der Waals surface area contributed by atoms with Gasteiger partial charge < -0.3 is 19.5 Å². The molecular formula is C18H23NO3. The molecule has 0 amide bonds. The van der Waals surface area contributed by atoms with Gasteiger partial charge in [0.1, 0.15) is 5.76 Å². The third-order valence-corrected chi connectivity index (χ3v) is 4.68. The third kappa shape index (κ3) is 2.48. The number of hydrogen-bond acceptors (Lipinski definition) is 4. The maximum Gasteiger partial charge on any atom is 0.161 e. The van der Waals surface area contributed by atoms with Crippen LogP contribution in [0, 0.1) is 0 Å². The molecule has 1 aliphatic carbocycles. The molecule has 1 aliphatic heterocycles. The number of rotatable bonds is 3. The Labute approximate surface area is 131 Å². The van der Waals surface area contributed by atoms with Gasteiger partial charge >= 0.3 is 0 Å². The summed E-state index contributed by atoms with van der Waals surface area (Å²) in [6.45, 7) is 1.84. The lowest BCUT2D eigenvalue weighted by molar-refractivity contribution is 0.298. The van der Waals surface area contributed by atoms with Gasteiger partial charge in [-0.15, -0.1) is 0 Å². The highest BCUT2D eigenvalue weighted by Gasteiger charge is 2.35. The molecule has 0 radical (unpaired) electrons. The van der Waals surface area contributed by atoms with Crippen molar-refractivity contribution >= 4 is 0 Å². The predicted molar refractivity (Wildman–Crippen MR) is 86.4 cm³/mol. The molecule has 1 atom stereocenters. The second kappa shape index (κ2) is 6.05. The van der Waals surface area contributed by atoms with Gasteiger partial charge in [-0.25, -0.2) is 0 Å². The maximum absolute atomic E-state index is 5.51. The first-order valence-corrected chi connectivity index (χ1v) is 7.62. The smallest absolute Gasteiger partial charge is 0.161 e. The highest BCUT2D eigenvalue weighted by molar-refractivity contribution is 5.53. The van der Waals surface area contributed by atoms with Gasteiger partial charge in [-0.2, -0.15) is 0 Å². The van der Waals surface area contributed by atoms with Crippen molar-refractivity contribution in [3.05, 3.63) is 47.2 Å². The Hall–Kier alpha value is -1.94. The molecule has 1 aromatic rings. The van der Waals surface area contributed by atoms with Crippen LogP contribution in [-0.4, -0.2) is 27.9 Å². The zero-order valence-corrected chi connectivity index (χ0v) is 13.4. The quantitative estimate of drug-likeness (QED) is 0.932. The Morgan fingerprint density at radius 3 is 2.45 bits per heavy atom. The van der Waals surface area contributed by atoms with Crippen molar-refractivity contribution in [1.29, 1.82) is 0 Å². The normalized spacial score (nSPS) is 23.5. The summed E-state index contributed by atoms with van der Waals surface area (Å²) in [4.78, 5) is 0. The summed E-state index contributed by atoms with van der Waals surface area (Å²) >= 11 is 0. The molecule has 4 nitrogen and oxygen atoms in total. The van der Waals surface area contributed by atoms with E-state index in [4.69, 9.17) is 14.2 Å². The van der Waals surface area contributed by atoms with Crippen LogP contribution in [0.2, 0.25) is 0 Å². The van der Waals surface area contributed by atoms with E-state index in [1.807, 2.05) is 0 Å². The first kappa shape index (κ1) is 15.0. The Bertz CT molecular complexity index is 621. The monoisotopic (exact) mass is 301 g/mol. The molecule has 0 bridgehead atoms. The standard InChI is InChI=1S/C18H23NO3/c1-20-14-4-6-18(7-5-14)8-9-19-12-13-10-16(21-2)17(22-3)11-15(13)18/h4-6,10-11,19H,7-9,12H2,1-3H3/t18-/m0/s1. The second-order valence-corrected chi connectivity index (χ2v) is 5.80. The summed E-state index contributed by atoms with van der Waals surface area (Å²) < 4.78 is 16.3. The summed E-state index contributed by atoms with van der Waals surface area (Å²) in [5.74, 6) is 2.51. The molecule has 0 aromatic heterocycles. The van der Waals surface area contributed by atoms with E-state index in [1.165, 1.54) is 11.1 Å². The van der Waals surface area contributed by atoms with Gasteiger partial charge in [0.05, 0.1) is 21.3 Å². The largest absolute Gasteiger partial charge is 0.497 e. The maximum atomic E-state index is 5.51. The number of benzene rings is 1. The number of nitrogens with one attached hydrogen (secondary N) is 1. The fourth-order valence-electron chi connectivity index (χ4n) is 3.40. The minimum absolute atomic E-state index is 0.000411. The molecule has 3 rings (SSSR count). The molecule has 0 saturated heterocycles. The van der Waals surface area contributed by atoms with Crippen molar-refractivity contribution in [3.63, 3.8) is 0 Å². The summed E-state index contributed by atoms with van der Waals surface area (Å²) in [5, 5.41) is 3.51. The van der Waals surface area contributed by atoms with Gasteiger partial charge in [0.15, 0.2) is 11.5 Å². The Morgan fingerprint density at radius 1 is 1.05 bits per heavy atom. The second-order valence-electron chi connectivity index (χ2n) is 5.80. The molecular weight excluding hydrogens is 278 g/mol. The Balaban J connectivity index is 2.09.